The van der Waals surface area contributed by atoms with Crippen molar-refractivity contribution < 1.29 is 14.3 Å². The molecule has 2 rings (SSSR count). The van der Waals surface area contributed by atoms with E-state index in [4.69, 9.17) is 14.7 Å². The molecule has 94 valence electrons. The fourth-order valence-corrected chi connectivity index (χ4v) is 1.66. The number of hydrogen-bond acceptors (Lipinski definition) is 4. The molecule has 18 heavy (non-hydrogen) atoms. The van der Waals surface area contributed by atoms with Crippen LogP contribution in [0.5, 0.6) is 0 Å². The van der Waals surface area contributed by atoms with Crippen molar-refractivity contribution in [1.29, 1.82) is 5.26 Å². The minimum atomic E-state index is -0.202. The molecule has 1 N–H and O–H groups in total. The molecule has 1 unspecified atom stereocenters. The van der Waals surface area contributed by atoms with Crippen LogP contribution in [0.25, 0.3) is 0 Å². The summed E-state index contributed by atoms with van der Waals surface area (Å²) >= 11 is 0. The van der Waals surface area contributed by atoms with Crippen LogP contribution in [0.15, 0.2) is 24.3 Å². The smallest absolute Gasteiger partial charge is 0.250 e. The largest absolute Gasteiger partial charge is 0.379 e. The fourth-order valence-electron chi connectivity index (χ4n) is 1.66. The zero-order valence-electron chi connectivity index (χ0n) is 9.89. The Kier molecular flexibility index (Phi) is 4.29. The van der Waals surface area contributed by atoms with Crippen LogP contribution in [-0.2, 0) is 14.3 Å². The second-order valence-electron chi connectivity index (χ2n) is 4.03. The molecule has 0 spiro atoms. The molecule has 1 amide bonds. The number of benzene rings is 1. The average Bonchev–Trinajstić information content (AvgIpc) is 2.90. The maximum atomic E-state index is 11.6. The lowest BCUT2D eigenvalue weighted by Crippen LogP contribution is -2.23. The lowest BCUT2D eigenvalue weighted by atomic mass is 10.2. The standard InChI is InChI=1S/C13H14N2O3/c14-7-10-1-3-11(4-2-10)15-13(16)9-18-12-5-6-17-8-12/h1-4,12H,5-6,8-9H2,(H,15,16). The second-order valence-corrected chi connectivity index (χ2v) is 4.03. The highest BCUT2D eigenvalue weighted by atomic mass is 16.5. The van der Waals surface area contributed by atoms with Crippen molar-refractivity contribution in [3.63, 3.8) is 0 Å². The predicted molar refractivity (Wildman–Crippen MR) is 65.0 cm³/mol. The van der Waals surface area contributed by atoms with Gasteiger partial charge in [-0.05, 0) is 30.7 Å². The fraction of sp³-hybridized carbons (Fsp3) is 0.385. The number of carbonyl (C=O) groups is 1. The molecule has 5 nitrogen and oxygen atoms in total. The van der Waals surface area contributed by atoms with Crippen molar-refractivity contribution in [1.82, 2.24) is 0 Å². The lowest BCUT2D eigenvalue weighted by Gasteiger charge is -2.10. The predicted octanol–water partition coefficient (Wildman–Crippen LogP) is 1.30. The summed E-state index contributed by atoms with van der Waals surface area (Å²) in [5, 5.41) is 11.3. The number of amides is 1. The molecule has 1 atom stereocenters. The first-order chi connectivity index (χ1) is 8.78. The Morgan fingerprint density at radius 1 is 1.50 bits per heavy atom. The van der Waals surface area contributed by atoms with Gasteiger partial charge in [-0.15, -0.1) is 0 Å². The van der Waals surface area contributed by atoms with E-state index < -0.39 is 0 Å². The molecule has 0 radical (unpaired) electrons. The summed E-state index contributed by atoms with van der Waals surface area (Å²) in [5.74, 6) is -0.202. The number of hydrogen-bond donors (Lipinski definition) is 1. The van der Waals surface area contributed by atoms with E-state index in [0.29, 0.717) is 24.5 Å². The van der Waals surface area contributed by atoms with Gasteiger partial charge in [0.15, 0.2) is 0 Å². The topological polar surface area (TPSA) is 71.4 Å². The highest BCUT2D eigenvalue weighted by molar-refractivity contribution is 5.91. The Hall–Kier alpha value is -1.90. The Bertz CT molecular complexity index is 444. The van der Waals surface area contributed by atoms with E-state index in [-0.39, 0.29) is 18.6 Å². The van der Waals surface area contributed by atoms with E-state index in [1.807, 2.05) is 6.07 Å². The minimum Gasteiger partial charge on any atom is -0.379 e. The van der Waals surface area contributed by atoms with Crippen molar-refractivity contribution in [3.8, 4) is 6.07 Å². The van der Waals surface area contributed by atoms with Gasteiger partial charge in [0.2, 0.25) is 5.91 Å². The zero-order valence-corrected chi connectivity index (χ0v) is 9.89. The third-order valence-corrected chi connectivity index (χ3v) is 2.64. The highest BCUT2D eigenvalue weighted by Crippen LogP contribution is 2.10. The molecule has 1 aromatic carbocycles. The monoisotopic (exact) mass is 246 g/mol. The number of nitriles is 1. The molecule has 0 aliphatic carbocycles. The van der Waals surface area contributed by atoms with E-state index in [2.05, 4.69) is 5.32 Å². The summed E-state index contributed by atoms with van der Waals surface area (Å²) in [6.07, 6.45) is 0.862. The van der Waals surface area contributed by atoms with Gasteiger partial charge in [0.05, 0.1) is 24.3 Å². The molecule has 1 heterocycles. The highest BCUT2D eigenvalue weighted by Gasteiger charge is 2.17. The van der Waals surface area contributed by atoms with Crippen LogP contribution in [-0.4, -0.2) is 31.8 Å². The number of nitrogens with zero attached hydrogens (tertiary/aromatic N) is 1. The quantitative estimate of drug-likeness (QED) is 0.869. The zero-order chi connectivity index (χ0) is 12.8. The number of ether oxygens (including phenoxy) is 2. The molecule has 1 aliphatic heterocycles. The van der Waals surface area contributed by atoms with Crippen LogP contribution in [0.2, 0.25) is 0 Å². The third-order valence-electron chi connectivity index (χ3n) is 2.64. The number of anilines is 1. The molecule has 1 fully saturated rings. The van der Waals surface area contributed by atoms with Gasteiger partial charge in [-0.1, -0.05) is 0 Å². The molecular weight excluding hydrogens is 232 g/mol. The maximum absolute atomic E-state index is 11.6. The normalized spacial score (nSPS) is 18.3. The summed E-state index contributed by atoms with van der Waals surface area (Å²) in [6, 6.07) is 8.71. The van der Waals surface area contributed by atoms with Crippen molar-refractivity contribution in [2.24, 2.45) is 0 Å². The average molecular weight is 246 g/mol. The van der Waals surface area contributed by atoms with E-state index in [1.54, 1.807) is 24.3 Å². The van der Waals surface area contributed by atoms with Gasteiger partial charge in [-0.25, -0.2) is 0 Å². The number of rotatable bonds is 4. The van der Waals surface area contributed by atoms with Crippen LogP contribution in [0, 0.1) is 11.3 Å². The summed E-state index contributed by atoms with van der Waals surface area (Å²) in [7, 11) is 0. The van der Waals surface area contributed by atoms with Crippen molar-refractivity contribution >= 4 is 11.6 Å². The molecule has 5 heteroatoms. The molecule has 1 saturated heterocycles. The summed E-state index contributed by atoms with van der Waals surface area (Å²) < 4.78 is 10.5. The van der Waals surface area contributed by atoms with Gasteiger partial charge in [0, 0.05) is 12.3 Å². The number of nitrogens with one attached hydrogen (secondary N) is 1. The first-order valence-electron chi connectivity index (χ1n) is 5.77. The van der Waals surface area contributed by atoms with E-state index in [0.717, 1.165) is 6.42 Å². The van der Waals surface area contributed by atoms with Crippen molar-refractivity contribution in [2.45, 2.75) is 12.5 Å². The van der Waals surface area contributed by atoms with E-state index in [1.165, 1.54) is 0 Å². The Labute approximate surface area is 105 Å². The van der Waals surface area contributed by atoms with Crippen molar-refractivity contribution in [2.75, 3.05) is 25.1 Å². The second kappa shape index (κ2) is 6.15. The lowest BCUT2D eigenvalue weighted by molar-refractivity contribution is -0.122. The van der Waals surface area contributed by atoms with Crippen LogP contribution in [0.4, 0.5) is 5.69 Å². The van der Waals surface area contributed by atoms with Gasteiger partial charge < -0.3 is 14.8 Å². The maximum Gasteiger partial charge on any atom is 0.250 e. The molecule has 0 bridgehead atoms. The molecule has 0 saturated carbocycles. The Morgan fingerprint density at radius 2 is 2.28 bits per heavy atom. The van der Waals surface area contributed by atoms with Gasteiger partial charge in [0.25, 0.3) is 0 Å². The van der Waals surface area contributed by atoms with Gasteiger partial charge >= 0.3 is 0 Å². The van der Waals surface area contributed by atoms with E-state index >= 15 is 0 Å². The third kappa shape index (κ3) is 3.55. The van der Waals surface area contributed by atoms with Crippen molar-refractivity contribution in [3.05, 3.63) is 29.8 Å². The molecule has 0 aromatic heterocycles. The SMILES string of the molecule is N#Cc1ccc(NC(=O)COC2CCOC2)cc1. The van der Waals surface area contributed by atoms with E-state index in [9.17, 15) is 4.79 Å². The molecule has 1 aromatic rings. The van der Waals surface area contributed by atoms with Crippen LogP contribution in [0.1, 0.15) is 12.0 Å². The van der Waals surface area contributed by atoms with Crippen LogP contribution < -0.4 is 5.32 Å². The van der Waals surface area contributed by atoms with Crippen LogP contribution in [0.3, 0.4) is 0 Å². The van der Waals surface area contributed by atoms with Gasteiger partial charge in [-0.3, -0.25) is 4.79 Å². The molecule has 1 aliphatic rings. The Morgan fingerprint density at radius 3 is 2.89 bits per heavy atom. The Balaban J connectivity index is 1.77. The van der Waals surface area contributed by atoms with Gasteiger partial charge in [-0.2, -0.15) is 5.26 Å². The van der Waals surface area contributed by atoms with Gasteiger partial charge in [0.1, 0.15) is 6.61 Å². The minimum absolute atomic E-state index is 0.0219. The summed E-state index contributed by atoms with van der Waals surface area (Å²) in [6.45, 7) is 1.28. The number of carbonyl (C=O) groups excluding carboxylic acids is 1. The first kappa shape index (κ1) is 12.6. The summed E-state index contributed by atoms with van der Waals surface area (Å²) in [4.78, 5) is 11.6. The van der Waals surface area contributed by atoms with Crippen LogP contribution >= 0.6 is 0 Å². The first-order valence-corrected chi connectivity index (χ1v) is 5.77. The molecular formula is C13H14N2O3. The summed E-state index contributed by atoms with van der Waals surface area (Å²) in [5.41, 5.74) is 1.22.